The first-order chi connectivity index (χ1) is 14.2. The summed E-state index contributed by atoms with van der Waals surface area (Å²) in [6.07, 6.45) is 0.871. The van der Waals surface area contributed by atoms with Crippen LogP contribution in [0, 0.1) is 5.92 Å². The van der Waals surface area contributed by atoms with Crippen molar-refractivity contribution in [3.05, 3.63) is 70.7 Å². The minimum Gasteiger partial charge on any atom is -0.500 e. The van der Waals surface area contributed by atoms with E-state index < -0.39 is 23.6 Å². The van der Waals surface area contributed by atoms with Gasteiger partial charge >= 0.3 is 6.18 Å². The van der Waals surface area contributed by atoms with Crippen LogP contribution in [0.2, 0.25) is 0 Å². The van der Waals surface area contributed by atoms with Crippen molar-refractivity contribution in [2.24, 2.45) is 10.9 Å². The smallest absolute Gasteiger partial charge is 0.416 e. The first-order valence-corrected chi connectivity index (χ1v) is 9.04. The Morgan fingerprint density at radius 3 is 2.43 bits per heavy atom. The van der Waals surface area contributed by atoms with Crippen molar-refractivity contribution in [3.8, 4) is 0 Å². The third kappa shape index (κ3) is 4.45. The van der Waals surface area contributed by atoms with Crippen LogP contribution >= 0.6 is 0 Å². The molecule has 1 atom stereocenters. The molecule has 6 nitrogen and oxygen atoms in total. The molecule has 1 heterocycles. The molecule has 0 saturated heterocycles. The predicted octanol–water partition coefficient (Wildman–Crippen LogP) is 3.42. The molecule has 0 fully saturated rings. The fraction of sp³-hybridized carbons (Fsp3) is 0.286. The average molecular weight is 420 g/mol. The van der Waals surface area contributed by atoms with Gasteiger partial charge in [-0.2, -0.15) is 13.2 Å². The van der Waals surface area contributed by atoms with Crippen LogP contribution in [0.5, 0.6) is 0 Å². The fourth-order valence-electron chi connectivity index (χ4n) is 3.16. The van der Waals surface area contributed by atoms with E-state index in [2.05, 4.69) is 10.3 Å². The minimum atomic E-state index is -4.46. The highest BCUT2D eigenvalue weighted by molar-refractivity contribution is 6.15. The van der Waals surface area contributed by atoms with Gasteiger partial charge in [-0.15, -0.1) is 0 Å². The number of aliphatic imine (C=N–C) groups is 1. The highest BCUT2D eigenvalue weighted by atomic mass is 19.4. The third-order valence-electron chi connectivity index (χ3n) is 4.73. The number of benzene rings is 1. The summed E-state index contributed by atoms with van der Waals surface area (Å²) in [5, 5.41) is 2.60. The summed E-state index contributed by atoms with van der Waals surface area (Å²) in [5.74, 6) is -0.261. The Balaban J connectivity index is 1.63. The van der Waals surface area contributed by atoms with Gasteiger partial charge in [0.05, 0.1) is 25.7 Å². The average Bonchev–Trinajstić information content (AvgIpc) is 2.72. The van der Waals surface area contributed by atoms with E-state index in [1.165, 1.54) is 14.2 Å². The molecule has 9 heteroatoms. The van der Waals surface area contributed by atoms with Crippen molar-refractivity contribution in [2.45, 2.75) is 12.6 Å². The summed E-state index contributed by atoms with van der Waals surface area (Å²) in [6.45, 7) is 0.119. The van der Waals surface area contributed by atoms with Gasteiger partial charge in [-0.1, -0.05) is 6.08 Å². The highest BCUT2D eigenvalue weighted by Crippen LogP contribution is 2.31. The highest BCUT2D eigenvalue weighted by Gasteiger charge is 2.32. The zero-order valence-electron chi connectivity index (χ0n) is 16.2. The van der Waals surface area contributed by atoms with E-state index in [4.69, 9.17) is 9.47 Å². The molecule has 1 N–H and O–H groups in total. The molecular weight excluding hydrogens is 401 g/mol. The number of fused-ring (bicyclic) bond motifs is 1. The fourth-order valence-corrected chi connectivity index (χ4v) is 3.16. The molecule has 0 saturated carbocycles. The van der Waals surface area contributed by atoms with Crippen molar-refractivity contribution in [2.75, 3.05) is 20.8 Å². The van der Waals surface area contributed by atoms with Crippen LogP contribution in [0.1, 0.15) is 22.3 Å². The molecular formula is C21H19F3N2O4. The molecule has 2 amide bonds. The van der Waals surface area contributed by atoms with Crippen LogP contribution in [0.4, 0.5) is 13.2 Å². The van der Waals surface area contributed by atoms with E-state index in [9.17, 15) is 22.8 Å². The number of rotatable bonds is 6. The van der Waals surface area contributed by atoms with Crippen LogP contribution in [0.15, 0.2) is 64.6 Å². The number of dihydropyridines is 1. The maximum Gasteiger partial charge on any atom is 0.416 e. The summed E-state index contributed by atoms with van der Waals surface area (Å²) in [6, 6.07) is 3.91. The molecule has 1 aromatic carbocycles. The number of allylic oxidation sites excluding steroid dienone is 4. The van der Waals surface area contributed by atoms with Gasteiger partial charge in [-0.3, -0.25) is 9.59 Å². The Hall–Kier alpha value is -3.36. The Kier molecular flexibility index (Phi) is 6.09. The van der Waals surface area contributed by atoms with Crippen molar-refractivity contribution in [1.29, 1.82) is 0 Å². The molecule has 1 unspecified atom stereocenters. The molecule has 0 bridgehead atoms. The number of ether oxygens (including phenoxy) is 2. The number of amides is 2. The topological polar surface area (TPSA) is 77.0 Å². The van der Waals surface area contributed by atoms with Crippen molar-refractivity contribution in [3.63, 3.8) is 0 Å². The van der Waals surface area contributed by atoms with E-state index in [0.29, 0.717) is 22.8 Å². The van der Waals surface area contributed by atoms with Gasteiger partial charge in [-0.05, 0) is 42.8 Å². The molecule has 30 heavy (non-hydrogen) atoms. The molecule has 3 rings (SSSR count). The van der Waals surface area contributed by atoms with Crippen LogP contribution < -0.4 is 5.32 Å². The second-order valence-corrected chi connectivity index (χ2v) is 6.56. The zero-order chi connectivity index (χ0) is 21.9. The zero-order valence-corrected chi connectivity index (χ0v) is 16.2. The van der Waals surface area contributed by atoms with Crippen LogP contribution in [0.3, 0.4) is 0 Å². The monoisotopic (exact) mass is 420 g/mol. The van der Waals surface area contributed by atoms with Gasteiger partial charge in [0.15, 0.2) is 0 Å². The molecule has 158 valence electrons. The second kappa shape index (κ2) is 8.56. The molecule has 0 radical (unpaired) electrons. The lowest BCUT2D eigenvalue weighted by Crippen LogP contribution is -2.30. The lowest BCUT2D eigenvalue weighted by Gasteiger charge is -2.26. The third-order valence-corrected chi connectivity index (χ3v) is 4.73. The number of halogens is 3. The largest absolute Gasteiger partial charge is 0.500 e. The first-order valence-electron chi connectivity index (χ1n) is 9.04. The van der Waals surface area contributed by atoms with Crippen LogP contribution in [-0.2, 0) is 20.4 Å². The summed E-state index contributed by atoms with van der Waals surface area (Å²) in [7, 11) is 3.00. The second-order valence-electron chi connectivity index (χ2n) is 6.56. The van der Waals surface area contributed by atoms with Gasteiger partial charge in [0.1, 0.15) is 17.2 Å². The minimum absolute atomic E-state index is 0.0963. The SMILES string of the molecule is COC1=CC=C(OC)C2C=C(CCNC(=O)c3ccc(C(F)(F)F)cc3)C(=O)N=C12. The van der Waals surface area contributed by atoms with Gasteiger partial charge < -0.3 is 14.8 Å². The van der Waals surface area contributed by atoms with E-state index in [-0.39, 0.29) is 24.4 Å². The first kappa shape index (κ1) is 21.4. The quantitative estimate of drug-likeness (QED) is 0.765. The summed E-state index contributed by atoms with van der Waals surface area (Å²) in [5.41, 5.74) is 0.125. The van der Waals surface area contributed by atoms with E-state index >= 15 is 0 Å². The summed E-state index contributed by atoms with van der Waals surface area (Å²) >= 11 is 0. The molecule has 1 aromatic rings. The maximum absolute atomic E-state index is 12.6. The Bertz CT molecular complexity index is 973. The lowest BCUT2D eigenvalue weighted by atomic mass is 9.89. The van der Waals surface area contributed by atoms with E-state index in [0.717, 1.165) is 24.3 Å². The predicted molar refractivity (Wildman–Crippen MR) is 103 cm³/mol. The van der Waals surface area contributed by atoms with Crippen LogP contribution in [0.25, 0.3) is 0 Å². The Morgan fingerprint density at radius 2 is 1.83 bits per heavy atom. The molecule has 1 aliphatic carbocycles. The van der Waals surface area contributed by atoms with E-state index in [1.54, 1.807) is 18.2 Å². The molecule has 0 aromatic heterocycles. The number of carbonyl (C=O) groups excluding carboxylic acids is 2. The number of methoxy groups -OCH3 is 2. The summed E-state index contributed by atoms with van der Waals surface area (Å²) in [4.78, 5) is 28.6. The van der Waals surface area contributed by atoms with Crippen molar-refractivity contribution >= 4 is 17.5 Å². The number of nitrogens with zero attached hydrogens (tertiary/aromatic N) is 1. The van der Waals surface area contributed by atoms with Gasteiger partial charge in [-0.25, -0.2) is 4.99 Å². The Labute approximate surface area is 170 Å². The molecule has 2 aliphatic rings. The van der Waals surface area contributed by atoms with E-state index in [1.807, 2.05) is 0 Å². The number of nitrogens with one attached hydrogen (secondary N) is 1. The van der Waals surface area contributed by atoms with Crippen molar-refractivity contribution < 1.29 is 32.2 Å². The molecule has 1 aliphatic heterocycles. The number of carbonyl (C=O) groups is 2. The van der Waals surface area contributed by atoms with Gasteiger partial charge in [0.25, 0.3) is 11.8 Å². The molecule has 0 spiro atoms. The van der Waals surface area contributed by atoms with Crippen molar-refractivity contribution in [1.82, 2.24) is 5.32 Å². The Morgan fingerprint density at radius 1 is 1.13 bits per heavy atom. The normalized spacial score (nSPS) is 18.4. The van der Waals surface area contributed by atoms with Gasteiger partial charge in [0, 0.05) is 17.7 Å². The van der Waals surface area contributed by atoms with Crippen LogP contribution in [-0.4, -0.2) is 38.3 Å². The summed E-state index contributed by atoms with van der Waals surface area (Å²) < 4.78 is 48.4. The maximum atomic E-state index is 12.6. The number of alkyl halides is 3. The standard InChI is InChI=1S/C21H19F3N2O4/c1-29-16-7-8-17(30-2)18-15(16)11-13(20(28)26-18)9-10-25-19(27)12-3-5-14(6-4-12)21(22,23)24/h3-8,11,15H,9-10H2,1-2H3,(H,25,27). The number of hydrogen-bond acceptors (Lipinski definition) is 4. The lowest BCUT2D eigenvalue weighted by molar-refractivity contribution is -0.137. The number of hydrogen-bond donors (Lipinski definition) is 1. The van der Waals surface area contributed by atoms with Gasteiger partial charge in [0.2, 0.25) is 0 Å².